The number of anilines is 1. The normalized spacial score (nSPS) is 19.4. The Morgan fingerprint density at radius 1 is 1.44 bits per heavy atom. The molecule has 1 aliphatic heterocycles. The lowest BCUT2D eigenvalue weighted by Gasteiger charge is -2.18. The van der Waals surface area contributed by atoms with Crippen LogP contribution in [0.5, 0.6) is 0 Å². The molecule has 0 saturated heterocycles. The molecule has 1 aliphatic rings. The van der Waals surface area contributed by atoms with Gasteiger partial charge in [-0.3, -0.25) is 4.79 Å². The van der Waals surface area contributed by atoms with Crippen LogP contribution in [0.4, 0.5) is 5.69 Å². The maximum Gasteiger partial charge on any atom is 0.245 e. The SMILES string of the molecule is CSc1cn2c3c(cccc13)N(C)C(=O)C(N)C2. The number of nitrogens with two attached hydrogens (primary N) is 1. The predicted octanol–water partition coefficient (Wildman–Crippen LogP) is 1.67. The van der Waals surface area contributed by atoms with Crippen molar-refractivity contribution in [1.82, 2.24) is 4.57 Å². The van der Waals surface area contributed by atoms with Crippen molar-refractivity contribution in [3.63, 3.8) is 0 Å². The summed E-state index contributed by atoms with van der Waals surface area (Å²) in [4.78, 5) is 15.0. The van der Waals surface area contributed by atoms with Crippen LogP contribution in [-0.2, 0) is 11.3 Å². The fourth-order valence-electron chi connectivity index (χ4n) is 2.54. The van der Waals surface area contributed by atoms with E-state index in [1.807, 2.05) is 12.1 Å². The van der Waals surface area contributed by atoms with Gasteiger partial charge < -0.3 is 15.2 Å². The molecule has 1 unspecified atom stereocenters. The first-order valence-corrected chi connectivity index (χ1v) is 7.05. The summed E-state index contributed by atoms with van der Waals surface area (Å²) >= 11 is 1.72. The summed E-state index contributed by atoms with van der Waals surface area (Å²) in [7, 11) is 1.79. The number of nitrogens with zero attached hydrogens (tertiary/aromatic N) is 2. The molecule has 4 nitrogen and oxygen atoms in total. The smallest absolute Gasteiger partial charge is 0.245 e. The van der Waals surface area contributed by atoms with Gasteiger partial charge in [0, 0.05) is 30.1 Å². The van der Waals surface area contributed by atoms with E-state index in [9.17, 15) is 4.79 Å². The van der Waals surface area contributed by atoms with E-state index in [-0.39, 0.29) is 5.91 Å². The number of carbonyl (C=O) groups is 1. The maximum absolute atomic E-state index is 12.1. The summed E-state index contributed by atoms with van der Waals surface area (Å²) in [5, 5.41) is 1.19. The molecule has 0 radical (unpaired) electrons. The molecule has 2 aromatic rings. The first kappa shape index (κ1) is 11.6. The molecule has 5 heteroatoms. The van der Waals surface area contributed by atoms with E-state index < -0.39 is 6.04 Å². The van der Waals surface area contributed by atoms with Crippen molar-refractivity contribution in [2.24, 2.45) is 5.73 Å². The van der Waals surface area contributed by atoms with Crippen molar-refractivity contribution < 1.29 is 4.79 Å². The van der Waals surface area contributed by atoms with Crippen molar-refractivity contribution in [3.05, 3.63) is 24.4 Å². The van der Waals surface area contributed by atoms with Crippen molar-refractivity contribution in [3.8, 4) is 0 Å². The van der Waals surface area contributed by atoms with Crippen LogP contribution in [0.15, 0.2) is 29.3 Å². The van der Waals surface area contributed by atoms with E-state index in [4.69, 9.17) is 5.73 Å². The predicted molar refractivity (Wildman–Crippen MR) is 75.1 cm³/mol. The number of amides is 1. The topological polar surface area (TPSA) is 51.3 Å². The number of aromatic nitrogens is 1. The van der Waals surface area contributed by atoms with Crippen molar-refractivity contribution in [2.75, 3.05) is 18.2 Å². The third-order valence-corrected chi connectivity index (χ3v) is 4.23. The molecule has 2 N–H and O–H groups in total. The molecule has 2 heterocycles. The van der Waals surface area contributed by atoms with Crippen molar-refractivity contribution in [2.45, 2.75) is 17.5 Å². The lowest BCUT2D eigenvalue weighted by molar-refractivity contribution is -0.119. The minimum Gasteiger partial charge on any atom is -0.343 e. The Labute approximate surface area is 110 Å². The van der Waals surface area contributed by atoms with Crippen LogP contribution in [0.2, 0.25) is 0 Å². The van der Waals surface area contributed by atoms with Gasteiger partial charge in [0.25, 0.3) is 0 Å². The van der Waals surface area contributed by atoms with Crippen LogP contribution in [0, 0.1) is 0 Å². The molecule has 1 aromatic carbocycles. The number of rotatable bonds is 1. The van der Waals surface area contributed by atoms with Crippen LogP contribution in [0.1, 0.15) is 0 Å². The molecule has 1 aromatic heterocycles. The molecule has 94 valence electrons. The minimum atomic E-state index is -0.479. The van der Waals surface area contributed by atoms with Gasteiger partial charge in [-0.25, -0.2) is 0 Å². The van der Waals surface area contributed by atoms with Crippen LogP contribution in [-0.4, -0.2) is 29.8 Å². The van der Waals surface area contributed by atoms with Crippen LogP contribution in [0.3, 0.4) is 0 Å². The standard InChI is InChI=1S/C13H15N3OS/c1-15-10-5-3-4-8-11(18-2)7-16(12(8)10)6-9(14)13(15)17/h3-5,7,9H,6,14H2,1-2H3. The largest absolute Gasteiger partial charge is 0.343 e. The molecule has 1 atom stereocenters. The van der Waals surface area contributed by atoms with Crippen molar-refractivity contribution >= 4 is 34.3 Å². The number of thioether (sulfide) groups is 1. The average molecular weight is 261 g/mol. The first-order valence-electron chi connectivity index (χ1n) is 5.82. The number of hydrogen-bond acceptors (Lipinski definition) is 3. The average Bonchev–Trinajstić information content (AvgIpc) is 2.71. The van der Waals surface area contributed by atoms with Gasteiger partial charge in [0.2, 0.25) is 5.91 Å². The highest BCUT2D eigenvalue weighted by molar-refractivity contribution is 7.98. The van der Waals surface area contributed by atoms with Gasteiger partial charge in [-0.15, -0.1) is 11.8 Å². The Bertz CT molecular complexity index is 634. The van der Waals surface area contributed by atoms with Gasteiger partial charge in [0.05, 0.1) is 11.2 Å². The highest BCUT2D eigenvalue weighted by Gasteiger charge is 2.27. The maximum atomic E-state index is 12.1. The van der Waals surface area contributed by atoms with Gasteiger partial charge in [-0.2, -0.15) is 0 Å². The first-order chi connectivity index (χ1) is 8.63. The Kier molecular flexibility index (Phi) is 2.60. The number of benzene rings is 1. The Balaban J connectivity index is 2.36. The minimum absolute atomic E-state index is 0.0306. The fraction of sp³-hybridized carbons (Fsp3) is 0.308. The van der Waals surface area contributed by atoms with E-state index >= 15 is 0 Å². The molecule has 0 aliphatic carbocycles. The zero-order valence-electron chi connectivity index (χ0n) is 10.4. The van der Waals surface area contributed by atoms with Crippen LogP contribution < -0.4 is 10.6 Å². The fourth-order valence-corrected chi connectivity index (χ4v) is 3.16. The second-order valence-electron chi connectivity index (χ2n) is 4.53. The van der Waals surface area contributed by atoms with Crippen LogP contribution >= 0.6 is 11.8 Å². The summed E-state index contributed by atoms with van der Waals surface area (Å²) in [6, 6.07) is 5.57. The lowest BCUT2D eigenvalue weighted by Crippen LogP contribution is -2.42. The van der Waals surface area contributed by atoms with E-state index in [0.29, 0.717) is 6.54 Å². The molecule has 0 bridgehead atoms. The molecular weight excluding hydrogens is 246 g/mol. The Morgan fingerprint density at radius 3 is 2.94 bits per heavy atom. The number of hydrogen-bond donors (Lipinski definition) is 1. The molecule has 0 saturated carbocycles. The number of carbonyl (C=O) groups excluding carboxylic acids is 1. The molecule has 3 rings (SSSR count). The second-order valence-corrected chi connectivity index (χ2v) is 5.37. The molecule has 0 spiro atoms. The third-order valence-electron chi connectivity index (χ3n) is 3.46. The summed E-state index contributed by atoms with van der Waals surface area (Å²) in [5.41, 5.74) is 7.99. The van der Waals surface area contributed by atoms with Gasteiger partial charge in [-0.05, 0) is 12.3 Å². The Morgan fingerprint density at radius 2 is 2.22 bits per heavy atom. The van der Waals surface area contributed by atoms with Gasteiger partial charge in [0.1, 0.15) is 6.04 Å². The van der Waals surface area contributed by atoms with Gasteiger partial charge in [0.15, 0.2) is 0 Å². The summed E-state index contributed by atoms with van der Waals surface area (Å²) in [6.45, 7) is 0.539. The summed E-state index contributed by atoms with van der Waals surface area (Å²) < 4.78 is 2.10. The molecular formula is C13H15N3OS. The zero-order valence-corrected chi connectivity index (χ0v) is 11.2. The number of para-hydroxylation sites is 1. The third kappa shape index (κ3) is 1.47. The van der Waals surface area contributed by atoms with Gasteiger partial charge >= 0.3 is 0 Å². The lowest BCUT2D eigenvalue weighted by atomic mass is 10.2. The molecule has 0 fully saturated rings. The zero-order chi connectivity index (χ0) is 12.9. The second kappa shape index (κ2) is 4.03. The van der Waals surface area contributed by atoms with Crippen LogP contribution in [0.25, 0.3) is 10.9 Å². The number of likely N-dealkylation sites (N-methyl/N-ethyl adjacent to an activating group) is 1. The monoisotopic (exact) mass is 261 g/mol. The summed E-state index contributed by atoms with van der Waals surface area (Å²) in [5.74, 6) is -0.0306. The highest BCUT2D eigenvalue weighted by atomic mass is 32.2. The highest BCUT2D eigenvalue weighted by Crippen LogP contribution is 2.36. The van der Waals surface area contributed by atoms with E-state index in [0.717, 1.165) is 11.2 Å². The quantitative estimate of drug-likeness (QED) is 0.794. The molecule has 1 amide bonds. The summed E-state index contributed by atoms with van der Waals surface area (Å²) in [6.07, 6.45) is 4.15. The Hall–Kier alpha value is -1.46. The van der Waals surface area contributed by atoms with E-state index in [1.165, 1.54) is 10.3 Å². The van der Waals surface area contributed by atoms with E-state index in [2.05, 4.69) is 23.1 Å². The van der Waals surface area contributed by atoms with Crippen molar-refractivity contribution in [1.29, 1.82) is 0 Å². The van der Waals surface area contributed by atoms with Gasteiger partial charge in [-0.1, -0.05) is 12.1 Å². The molecule has 18 heavy (non-hydrogen) atoms. The van der Waals surface area contributed by atoms with E-state index in [1.54, 1.807) is 23.7 Å².